The smallest absolute Gasteiger partial charge is 0.129 e. The first-order chi connectivity index (χ1) is 10.1. The van der Waals surface area contributed by atoms with Crippen molar-refractivity contribution in [2.45, 2.75) is 20.0 Å². The van der Waals surface area contributed by atoms with Gasteiger partial charge in [-0.1, -0.05) is 18.3 Å². The van der Waals surface area contributed by atoms with Crippen LogP contribution in [0.5, 0.6) is 5.75 Å². The lowest BCUT2D eigenvalue weighted by atomic mass is 10.1. The number of ether oxygens (including phenoxy) is 2. The van der Waals surface area contributed by atoms with Gasteiger partial charge >= 0.3 is 0 Å². The van der Waals surface area contributed by atoms with Crippen LogP contribution in [0.15, 0.2) is 23.7 Å². The second-order valence-corrected chi connectivity index (χ2v) is 5.94. The van der Waals surface area contributed by atoms with Crippen molar-refractivity contribution in [3.05, 3.63) is 45.4 Å². The first kappa shape index (κ1) is 15.9. The molecule has 0 aliphatic carbocycles. The van der Waals surface area contributed by atoms with E-state index in [0.29, 0.717) is 24.0 Å². The maximum absolute atomic E-state index is 5.71. The van der Waals surface area contributed by atoms with E-state index in [4.69, 9.17) is 27.4 Å². The summed E-state index contributed by atoms with van der Waals surface area (Å²) in [5.41, 5.74) is 10.4. The number of rotatable bonds is 7. The molecule has 4 nitrogen and oxygen atoms in total. The number of aromatic nitrogens is 1. The third kappa shape index (κ3) is 4.23. The Morgan fingerprint density at radius 1 is 1.43 bits per heavy atom. The summed E-state index contributed by atoms with van der Waals surface area (Å²) in [5, 5.41) is 0. The number of benzene rings is 1. The number of nitrogens with zero attached hydrogens (tertiary/aromatic N) is 1. The van der Waals surface area contributed by atoms with E-state index in [1.165, 1.54) is 4.88 Å². The molecule has 0 aliphatic rings. The number of nitrogens with two attached hydrogens (primary N) is 1. The summed E-state index contributed by atoms with van der Waals surface area (Å²) in [6.07, 6.45) is 0.884. The highest BCUT2D eigenvalue weighted by atomic mass is 32.1. The maximum atomic E-state index is 5.71. The molecule has 0 radical (unpaired) electrons. The first-order valence-corrected chi connectivity index (χ1v) is 7.84. The van der Waals surface area contributed by atoms with Crippen LogP contribution in [0, 0.1) is 6.92 Å². The Balaban J connectivity index is 1.90. The van der Waals surface area contributed by atoms with E-state index in [1.54, 1.807) is 18.4 Å². The molecular weight excluding hydrogens is 304 g/mol. The molecule has 1 aromatic carbocycles. The van der Waals surface area contributed by atoms with Crippen molar-refractivity contribution in [1.82, 2.24) is 4.98 Å². The standard InChI is InChI=1S/C15H18N2O2S2/c1-10-14(21-9-17-10)5-6-19-8-11-3-4-13(18-2)12(7-11)15(16)20/h3-4,7,9H,5-6,8H2,1-2H3,(H2,16,20). The molecular formula is C15H18N2O2S2. The van der Waals surface area contributed by atoms with Gasteiger partial charge in [0.25, 0.3) is 0 Å². The Bertz CT molecular complexity index is 626. The van der Waals surface area contributed by atoms with Crippen LogP contribution in [0.1, 0.15) is 21.7 Å². The van der Waals surface area contributed by atoms with Crippen molar-refractivity contribution in [2.24, 2.45) is 5.73 Å². The lowest BCUT2D eigenvalue weighted by Gasteiger charge is -2.10. The minimum absolute atomic E-state index is 0.328. The summed E-state index contributed by atoms with van der Waals surface area (Å²) in [6, 6.07) is 5.73. The summed E-state index contributed by atoms with van der Waals surface area (Å²) < 4.78 is 10.9. The van der Waals surface area contributed by atoms with Gasteiger partial charge in [-0.2, -0.15) is 0 Å². The minimum Gasteiger partial charge on any atom is -0.496 e. The molecule has 2 rings (SSSR count). The van der Waals surface area contributed by atoms with Gasteiger partial charge in [0.05, 0.1) is 37.1 Å². The van der Waals surface area contributed by atoms with Crippen molar-refractivity contribution < 1.29 is 9.47 Å². The molecule has 21 heavy (non-hydrogen) atoms. The highest BCUT2D eigenvalue weighted by molar-refractivity contribution is 7.80. The Labute approximate surface area is 133 Å². The molecule has 2 N–H and O–H groups in total. The van der Waals surface area contributed by atoms with Gasteiger partial charge < -0.3 is 15.2 Å². The zero-order valence-electron chi connectivity index (χ0n) is 12.1. The largest absolute Gasteiger partial charge is 0.496 e. The Kier molecular flexibility index (Phi) is 5.67. The fourth-order valence-electron chi connectivity index (χ4n) is 1.96. The van der Waals surface area contributed by atoms with E-state index in [2.05, 4.69) is 4.98 Å². The molecule has 6 heteroatoms. The first-order valence-electron chi connectivity index (χ1n) is 6.55. The van der Waals surface area contributed by atoms with Crippen LogP contribution >= 0.6 is 23.6 Å². The average Bonchev–Trinajstić information content (AvgIpc) is 2.88. The van der Waals surface area contributed by atoms with E-state index in [-0.39, 0.29) is 0 Å². The Hall–Kier alpha value is -1.50. The van der Waals surface area contributed by atoms with E-state index in [0.717, 1.165) is 23.2 Å². The van der Waals surface area contributed by atoms with Crippen LogP contribution in [0.4, 0.5) is 0 Å². The van der Waals surface area contributed by atoms with Crippen molar-refractivity contribution in [3.63, 3.8) is 0 Å². The van der Waals surface area contributed by atoms with Crippen LogP contribution in [0.25, 0.3) is 0 Å². The van der Waals surface area contributed by atoms with Gasteiger partial charge in [-0.25, -0.2) is 4.98 Å². The van der Waals surface area contributed by atoms with Crippen LogP contribution in [0.2, 0.25) is 0 Å². The number of thiocarbonyl (C=S) groups is 1. The molecule has 0 bridgehead atoms. The normalized spacial score (nSPS) is 10.6. The van der Waals surface area contributed by atoms with E-state index < -0.39 is 0 Å². The van der Waals surface area contributed by atoms with Gasteiger partial charge in [0, 0.05) is 11.3 Å². The Morgan fingerprint density at radius 3 is 2.86 bits per heavy atom. The minimum atomic E-state index is 0.328. The van der Waals surface area contributed by atoms with Crippen molar-refractivity contribution in [1.29, 1.82) is 0 Å². The van der Waals surface area contributed by atoms with E-state index in [1.807, 2.05) is 30.6 Å². The van der Waals surface area contributed by atoms with E-state index in [9.17, 15) is 0 Å². The van der Waals surface area contributed by atoms with Crippen molar-refractivity contribution in [2.75, 3.05) is 13.7 Å². The average molecular weight is 322 g/mol. The number of thiazole rings is 1. The van der Waals surface area contributed by atoms with Crippen molar-refractivity contribution >= 4 is 28.5 Å². The van der Waals surface area contributed by atoms with Crippen LogP contribution in [-0.2, 0) is 17.8 Å². The highest BCUT2D eigenvalue weighted by Gasteiger charge is 2.07. The molecule has 1 heterocycles. The molecule has 1 aromatic heterocycles. The third-order valence-electron chi connectivity index (χ3n) is 3.12. The predicted octanol–water partition coefficient (Wildman–Crippen LogP) is 2.85. The zero-order valence-corrected chi connectivity index (χ0v) is 13.7. The molecule has 0 unspecified atom stereocenters. The SMILES string of the molecule is COc1ccc(COCCc2scnc2C)cc1C(N)=S. The third-order valence-corrected chi connectivity index (χ3v) is 4.33. The number of hydrogen-bond acceptors (Lipinski definition) is 5. The fraction of sp³-hybridized carbons (Fsp3) is 0.333. The summed E-state index contributed by atoms with van der Waals surface area (Å²) >= 11 is 6.70. The molecule has 0 saturated heterocycles. The van der Waals surface area contributed by atoms with Gasteiger partial charge in [0.2, 0.25) is 0 Å². The van der Waals surface area contributed by atoms with Crippen LogP contribution in [-0.4, -0.2) is 23.7 Å². The monoisotopic (exact) mass is 322 g/mol. The molecule has 112 valence electrons. The fourth-order valence-corrected chi connectivity index (χ4v) is 2.88. The van der Waals surface area contributed by atoms with Gasteiger partial charge in [0.15, 0.2) is 0 Å². The van der Waals surface area contributed by atoms with Gasteiger partial charge in [-0.05, 0) is 24.6 Å². The van der Waals surface area contributed by atoms with Gasteiger partial charge in [0.1, 0.15) is 10.7 Å². The van der Waals surface area contributed by atoms with Crippen molar-refractivity contribution in [3.8, 4) is 5.75 Å². The van der Waals surface area contributed by atoms with Gasteiger partial charge in [-0.15, -0.1) is 11.3 Å². The van der Waals surface area contributed by atoms with Crippen LogP contribution < -0.4 is 10.5 Å². The van der Waals surface area contributed by atoms with E-state index >= 15 is 0 Å². The summed E-state index contributed by atoms with van der Waals surface area (Å²) in [6.45, 7) is 3.21. The lowest BCUT2D eigenvalue weighted by Crippen LogP contribution is -2.11. The molecule has 0 saturated carbocycles. The molecule has 0 fully saturated rings. The second-order valence-electron chi connectivity index (χ2n) is 4.56. The molecule has 0 atom stereocenters. The Morgan fingerprint density at radius 2 is 2.24 bits per heavy atom. The number of methoxy groups -OCH3 is 1. The summed E-state index contributed by atoms with van der Waals surface area (Å²) in [7, 11) is 1.60. The molecule has 0 amide bonds. The van der Waals surface area contributed by atoms with Gasteiger partial charge in [-0.3, -0.25) is 0 Å². The topological polar surface area (TPSA) is 57.4 Å². The molecule has 2 aromatic rings. The second kappa shape index (κ2) is 7.49. The predicted molar refractivity (Wildman–Crippen MR) is 89.1 cm³/mol. The van der Waals surface area contributed by atoms with Crippen LogP contribution in [0.3, 0.4) is 0 Å². The summed E-state index contributed by atoms with van der Waals surface area (Å²) in [4.78, 5) is 5.82. The molecule has 0 aliphatic heterocycles. The number of aryl methyl sites for hydroxylation is 1. The summed E-state index contributed by atoms with van der Waals surface area (Å²) in [5.74, 6) is 0.687. The quantitative estimate of drug-likeness (QED) is 0.627. The zero-order chi connectivity index (χ0) is 15.2. The highest BCUT2D eigenvalue weighted by Crippen LogP contribution is 2.20. The lowest BCUT2D eigenvalue weighted by molar-refractivity contribution is 0.124. The number of hydrogen-bond donors (Lipinski definition) is 1. The maximum Gasteiger partial charge on any atom is 0.129 e. The molecule has 0 spiro atoms.